The van der Waals surface area contributed by atoms with Gasteiger partial charge in [0.05, 0.1) is 19.0 Å². The van der Waals surface area contributed by atoms with Crippen molar-refractivity contribution in [1.82, 2.24) is 10.6 Å². The van der Waals surface area contributed by atoms with E-state index in [-0.39, 0.29) is 18.2 Å². The smallest absolute Gasteiger partial charge is 0.251 e. The average Bonchev–Trinajstić information content (AvgIpc) is 3.15. The standard InChI is InChI=1S/C19H19N3O2S/c23-17(22-19-20-11-12-25-19)13-16(14-7-3-1-4-8-14)21-18(24)15-9-5-2-6-10-15/h1-10,16H,11-13H2,(H,21,24)(H,20,22,23)/t16-/m1/s1. The molecule has 0 fully saturated rings. The van der Waals surface area contributed by atoms with Crippen LogP contribution in [0.1, 0.15) is 28.4 Å². The maximum absolute atomic E-state index is 12.5. The van der Waals surface area contributed by atoms with E-state index in [0.717, 1.165) is 17.9 Å². The Kier molecular flexibility index (Phi) is 5.85. The summed E-state index contributed by atoms with van der Waals surface area (Å²) < 4.78 is 0. The number of hydrogen-bond donors (Lipinski definition) is 2. The zero-order valence-corrected chi connectivity index (χ0v) is 14.5. The van der Waals surface area contributed by atoms with E-state index in [0.29, 0.717) is 10.7 Å². The van der Waals surface area contributed by atoms with Crippen molar-refractivity contribution in [2.24, 2.45) is 4.99 Å². The maximum atomic E-state index is 12.5. The third kappa shape index (κ3) is 4.93. The summed E-state index contributed by atoms with van der Waals surface area (Å²) in [5, 5.41) is 6.43. The van der Waals surface area contributed by atoms with Crippen LogP contribution in [0.4, 0.5) is 0 Å². The number of nitrogens with zero attached hydrogens (tertiary/aromatic N) is 1. The van der Waals surface area contributed by atoms with Crippen LogP contribution in [0.25, 0.3) is 0 Å². The first-order valence-electron chi connectivity index (χ1n) is 8.10. The topological polar surface area (TPSA) is 70.6 Å². The number of benzene rings is 2. The molecule has 0 aliphatic carbocycles. The lowest BCUT2D eigenvalue weighted by atomic mass is 10.0. The minimum atomic E-state index is -0.402. The normalized spacial score (nSPS) is 14.5. The second-order valence-corrected chi connectivity index (χ2v) is 6.67. The van der Waals surface area contributed by atoms with Crippen molar-refractivity contribution in [3.05, 3.63) is 71.8 Å². The quantitative estimate of drug-likeness (QED) is 0.868. The van der Waals surface area contributed by atoms with Gasteiger partial charge >= 0.3 is 0 Å². The predicted octanol–water partition coefficient (Wildman–Crippen LogP) is 2.77. The van der Waals surface area contributed by atoms with Gasteiger partial charge in [0, 0.05) is 11.3 Å². The Morgan fingerprint density at radius 3 is 2.36 bits per heavy atom. The number of rotatable bonds is 5. The molecule has 2 aromatic rings. The van der Waals surface area contributed by atoms with Crippen molar-refractivity contribution in [2.45, 2.75) is 12.5 Å². The van der Waals surface area contributed by atoms with Crippen molar-refractivity contribution < 1.29 is 9.59 Å². The van der Waals surface area contributed by atoms with Crippen molar-refractivity contribution in [1.29, 1.82) is 0 Å². The monoisotopic (exact) mass is 353 g/mol. The minimum absolute atomic E-state index is 0.155. The Labute approximate surface area is 150 Å². The van der Waals surface area contributed by atoms with E-state index in [1.54, 1.807) is 12.1 Å². The third-order valence-corrected chi connectivity index (χ3v) is 4.66. The number of aliphatic imine (C=N–C) groups is 1. The van der Waals surface area contributed by atoms with E-state index in [1.807, 2.05) is 48.5 Å². The molecule has 2 aromatic carbocycles. The van der Waals surface area contributed by atoms with Gasteiger partial charge in [0.2, 0.25) is 5.91 Å². The minimum Gasteiger partial charge on any atom is -0.345 e. The molecule has 2 amide bonds. The molecule has 0 saturated heterocycles. The highest BCUT2D eigenvalue weighted by Crippen LogP contribution is 2.18. The molecule has 0 aromatic heterocycles. The number of carbonyl (C=O) groups excluding carboxylic acids is 2. The highest BCUT2D eigenvalue weighted by Gasteiger charge is 2.20. The number of amidine groups is 1. The van der Waals surface area contributed by atoms with Crippen molar-refractivity contribution >= 4 is 28.7 Å². The van der Waals surface area contributed by atoms with Gasteiger partial charge in [0.1, 0.15) is 0 Å². The third-order valence-electron chi connectivity index (χ3n) is 3.76. The van der Waals surface area contributed by atoms with Crippen LogP contribution in [-0.2, 0) is 4.79 Å². The zero-order valence-electron chi connectivity index (χ0n) is 13.6. The van der Waals surface area contributed by atoms with Gasteiger partial charge in [-0.15, -0.1) is 0 Å². The summed E-state index contributed by atoms with van der Waals surface area (Å²) in [6, 6.07) is 18.1. The zero-order chi connectivity index (χ0) is 17.5. The number of hydrogen-bond acceptors (Lipinski definition) is 4. The molecular weight excluding hydrogens is 334 g/mol. The highest BCUT2D eigenvalue weighted by atomic mass is 32.2. The number of carbonyl (C=O) groups is 2. The van der Waals surface area contributed by atoms with Gasteiger partial charge in [-0.2, -0.15) is 0 Å². The molecular formula is C19H19N3O2S. The Balaban J connectivity index is 1.71. The molecule has 128 valence electrons. The van der Waals surface area contributed by atoms with Crippen LogP contribution in [0.15, 0.2) is 65.7 Å². The summed E-state index contributed by atoms with van der Waals surface area (Å²) in [6.07, 6.45) is 0.155. The molecule has 6 heteroatoms. The average molecular weight is 353 g/mol. The van der Waals surface area contributed by atoms with E-state index in [9.17, 15) is 9.59 Å². The summed E-state index contributed by atoms with van der Waals surface area (Å²) in [5.41, 5.74) is 1.46. The first-order valence-corrected chi connectivity index (χ1v) is 9.09. The van der Waals surface area contributed by atoms with Crippen LogP contribution in [0, 0.1) is 0 Å². The van der Waals surface area contributed by atoms with Crippen LogP contribution >= 0.6 is 11.8 Å². The van der Waals surface area contributed by atoms with Crippen molar-refractivity contribution in [3.63, 3.8) is 0 Å². The Bertz CT molecular complexity index is 763. The molecule has 0 bridgehead atoms. The van der Waals surface area contributed by atoms with Gasteiger partial charge in [-0.25, -0.2) is 0 Å². The molecule has 1 atom stereocenters. The van der Waals surface area contributed by atoms with Crippen molar-refractivity contribution in [3.8, 4) is 0 Å². The van der Waals surface area contributed by atoms with E-state index in [2.05, 4.69) is 15.6 Å². The van der Waals surface area contributed by atoms with Crippen LogP contribution in [-0.4, -0.2) is 29.3 Å². The molecule has 3 rings (SSSR count). The lowest BCUT2D eigenvalue weighted by Gasteiger charge is -2.19. The van der Waals surface area contributed by atoms with Crippen LogP contribution in [0.3, 0.4) is 0 Å². The molecule has 1 aliphatic heterocycles. The van der Waals surface area contributed by atoms with Gasteiger partial charge in [0.15, 0.2) is 5.17 Å². The van der Waals surface area contributed by atoms with Gasteiger partial charge < -0.3 is 10.6 Å². The Morgan fingerprint density at radius 2 is 1.72 bits per heavy atom. The molecule has 5 nitrogen and oxygen atoms in total. The molecule has 0 spiro atoms. The lowest BCUT2D eigenvalue weighted by molar-refractivity contribution is -0.120. The van der Waals surface area contributed by atoms with Gasteiger partial charge in [-0.05, 0) is 17.7 Å². The van der Waals surface area contributed by atoms with Crippen LogP contribution < -0.4 is 10.6 Å². The fourth-order valence-corrected chi connectivity index (χ4v) is 3.28. The van der Waals surface area contributed by atoms with E-state index in [4.69, 9.17) is 0 Å². The Morgan fingerprint density at radius 1 is 1.04 bits per heavy atom. The Hall–Kier alpha value is -2.60. The maximum Gasteiger partial charge on any atom is 0.251 e. The predicted molar refractivity (Wildman–Crippen MR) is 101 cm³/mol. The van der Waals surface area contributed by atoms with Gasteiger partial charge in [-0.3, -0.25) is 14.6 Å². The lowest BCUT2D eigenvalue weighted by Crippen LogP contribution is -2.35. The van der Waals surface area contributed by atoms with E-state index in [1.165, 1.54) is 11.8 Å². The largest absolute Gasteiger partial charge is 0.345 e. The second-order valence-electron chi connectivity index (χ2n) is 5.59. The number of amides is 2. The van der Waals surface area contributed by atoms with E-state index < -0.39 is 6.04 Å². The summed E-state index contributed by atoms with van der Waals surface area (Å²) in [5.74, 6) is 0.535. The van der Waals surface area contributed by atoms with Crippen molar-refractivity contribution in [2.75, 3.05) is 12.3 Å². The summed E-state index contributed by atoms with van der Waals surface area (Å²) in [7, 11) is 0. The molecule has 0 radical (unpaired) electrons. The summed E-state index contributed by atoms with van der Waals surface area (Å²) >= 11 is 1.54. The summed E-state index contributed by atoms with van der Waals surface area (Å²) in [6.45, 7) is 0.729. The van der Waals surface area contributed by atoms with E-state index >= 15 is 0 Å². The highest BCUT2D eigenvalue weighted by molar-refractivity contribution is 8.14. The molecule has 0 unspecified atom stereocenters. The molecule has 2 N–H and O–H groups in total. The summed E-state index contributed by atoms with van der Waals surface area (Å²) in [4.78, 5) is 29.1. The van der Waals surface area contributed by atoms with Gasteiger partial charge in [0.25, 0.3) is 5.91 Å². The first kappa shape index (κ1) is 17.2. The molecule has 0 saturated carbocycles. The van der Waals surface area contributed by atoms with Crippen LogP contribution in [0.2, 0.25) is 0 Å². The number of thioether (sulfide) groups is 1. The fraction of sp³-hybridized carbons (Fsp3) is 0.211. The van der Waals surface area contributed by atoms with Crippen LogP contribution in [0.5, 0.6) is 0 Å². The molecule has 1 aliphatic rings. The second kappa shape index (κ2) is 8.48. The number of nitrogens with one attached hydrogen (secondary N) is 2. The fourth-order valence-electron chi connectivity index (χ4n) is 2.54. The molecule has 1 heterocycles. The SMILES string of the molecule is O=C(C[C@@H](NC(=O)c1ccccc1)c1ccccc1)NC1=NCCS1. The van der Waals surface area contributed by atoms with Gasteiger partial charge in [-0.1, -0.05) is 60.3 Å². The first-order chi connectivity index (χ1) is 12.2. The molecule has 25 heavy (non-hydrogen) atoms.